The first-order valence-corrected chi connectivity index (χ1v) is 11.4. The van der Waals surface area contributed by atoms with Crippen LogP contribution in [-0.4, -0.2) is 72.1 Å². The van der Waals surface area contributed by atoms with Gasteiger partial charge in [0.15, 0.2) is 5.90 Å². The first kappa shape index (κ1) is 24.4. The number of amides is 3. The highest BCUT2D eigenvalue weighted by atomic mass is 16.5. The number of carbonyl (C=O) groups is 3. The highest BCUT2D eigenvalue weighted by Crippen LogP contribution is 2.37. The number of aliphatic hydroxyl groups excluding tert-OH is 2. The minimum Gasteiger partial charge on any atom is -0.484 e. The molecule has 2 aliphatic rings. The maximum Gasteiger partial charge on any atom is 0.244 e. The van der Waals surface area contributed by atoms with Crippen LogP contribution in [0.1, 0.15) is 29.9 Å². The van der Waals surface area contributed by atoms with E-state index in [0.29, 0.717) is 23.0 Å². The predicted octanol–water partition coefficient (Wildman–Crippen LogP) is 1.54. The summed E-state index contributed by atoms with van der Waals surface area (Å²) >= 11 is 0. The fraction of sp³-hybridized carbons (Fsp3) is 0.360. The summed E-state index contributed by atoms with van der Waals surface area (Å²) in [5, 5.41) is 21.3. The summed E-state index contributed by atoms with van der Waals surface area (Å²) in [5.41, 5.74) is 3.31. The maximum absolute atomic E-state index is 12.9. The number of nitrogens with zero attached hydrogens (tertiary/aromatic N) is 3. The Balaban J connectivity index is 1.72. The molecule has 1 unspecified atom stereocenters. The first-order valence-electron chi connectivity index (χ1n) is 11.4. The molecule has 0 aromatic heterocycles. The lowest BCUT2D eigenvalue weighted by Gasteiger charge is -2.26. The van der Waals surface area contributed by atoms with Crippen molar-refractivity contribution in [3.63, 3.8) is 0 Å². The second-order valence-electron chi connectivity index (χ2n) is 8.36. The van der Waals surface area contributed by atoms with E-state index in [2.05, 4.69) is 10.3 Å². The molecule has 3 N–H and O–H groups in total. The quantitative estimate of drug-likeness (QED) is 0.595. The van der Waals surface area contributed by atoms with Crippen LogP contribution in [0.25, 0.3) is 0 Å². The third-order valence-electron chi connectivity index (χ3n) is 6.09. The molecule has 3 amide bonds. The van der Waals surface area contributed by atoms with E-state index < -0.39 is 5.92 Å². The fourth-order valence-corrected chi connectivity index (χ4v) is 4.37. The van der Waals surface area contributed by atoms with Crippen molar-refractivity contribution in [2.24, 2.45) is 4.99 Å². The molecule has 35 heavy (non-hydrogen) atoms. The van der Waals surface area contributed by atoms with Crippen LogP contribution in [0, 0.1) is 0 Å². The van der Waals surface area contributed by atoms with E-state index in [4.69, 9.17) is 9.84 Å². The van der Waals surface area contributed by atoms with Crippen molar-refractivity contribution in [1.82, 2.24) is 4.90 Å². The van der Waals surface area contributed by atoms with Crippen molar-refractivity contribution in [2.45, 2.75) is 25.3 Å². The van der Waals surface area contributed by atoms with E-state index >= 15 is 0 Å². The Labute approximate surface area is 202 Å². The lowest BCUT2D eigenvalue weighted by Crippen LogP contribution is -2.36. The highest BCUT2D eigenvalue weighted by molar-refractivity contribution is 6.01. The van der Waals surface area contributed by atoms with Gasteiger partial charge in [-0.05, 0) is 29.3 Å². The average molecular weight is 481 g/mol. The van der Waals surface area contributed by atoms with Crippen LogP contribution in [0.3, 0.4) is 0 Å². The Hall–Kier alpha value is -3.76. The molecule has 2 aliphatic heterocycles. The number of benzene rings is 2. The molecule has 0 aliphatic carbocycles. The van der Waals surface area contributed by atoms with E-state index in [1.165, 1.54) is 12.0 Å². The minimum atomic E-state index is -0.437. The summed E-state index contributed by atoms with van der Waals surface area (Å²) in [6.07, 6.45) is -0.0734. The fourth-order valence-electron chi connectivity index (χ4n) is 4.37. The van der Waals surface area contributed by atoms with E-state index in [1.54, 1.807) is 17.0 Å². The summed E-state index contributed by atoms with van der Waals surface area (Å²) in [5.74, 6) is -0.892. The van der Waals surface area contributed by atoms with Gasteiger partial charge in [-0.1, -0.05) is 24.3 Å². The largest absolute Gasteiger partial charge is 0.484 e. The van der Waals surface area contributed by atoms with Crippen LogP contribution in [0.2, 0.25) is 0 Å². The number of hydrogen-bond acceptors (Lipinski definition) is 7. The molecule has 0 saturated heterocycles. The van der Waals surface area contributed by atoms with Crippen LogP contribution in [0.5, 0.6) is 0 Å². The number of carbonyl (C=O) groups excluding carboxylic acids is 3. The Kier molecular flexibility index (Phi) is 7.42. The van der Waals surface area contributed by atoms with Crippen LogP contribution in [0.15, 0.2) is 47.5 Å². The van der Waals surface area contributed by atoms with Gasteiger partial charge < -0.3 is 30.1 Å². The van der Waals surface area contributed by atoms with Gasteiger partial charge in [0.05, 0.1) is 44.0 Å². The van der Waals surface area contributed by atoms with Crippen molar-refractivity contribution >= 4 is 40.7 Å². The number of aliphatic hydroxyl groups is 2. The molecule has 184 valence electrons. The zero-order chi connectivity index (χ0) is 24.9. The van der Waals surface area contributed by atoms with Gasteiger partial charge in [0.2, 0.25) is 17.7 Å². The third-order valence-corrected chi connectivity index (χ3v) is 6.09. The van der Waals surface area contributed by atoms with Crippen LogP contribution in [0.4, 0.5) is 17.1 Å². The number of fused-ring (bicyclic) bond motifs is 2. The Morgan fingerprint density at radius 1 is 1.09 bits per heavy atom. The van der Waals surface area contributed by atoms with Crippen LogP contribution >= 0.6 is 0 Å². The Morgan fingerprint density at radius 2 is 1.83 bits per heavy atom. The number of anilines is 2. The van der Waals surface area contributed by atoms with Crippen molar-refractivity contribution < 1.29 is 29.3 Å². The standard InChI is InChI=1S/C25H28N4O6/c1-35-25-18(14-29(24(34)9-11-31)21-5-3-2-4-19(21)27-25)16-6-7-17-13-28(23(33)8-10-30)15-22(32)26-20(17)12-16/h2-7,12,18,30-31H,8-11,13-15H2,1H3,(H,26,32). The molecule has 0 spiro atoms. The molecule has 0 fully saturated rings. The van der Waals surface area contributed by atoms with E-state index in [-0.39, 0.29) is 63.4 Å². The third kappa shape index (κ3) is 5.18. The maximum atomic E-state index is 12.9. The molecule has 0 bridgehead atoms. The molecule has 2 aromatic carbocycles. The van der Waals surface area contributed by atoms with Crippen molar-refractivity contribution in [2.75, 3.05) is 43.6 Å². The molecule has 1 atom stereocenters. The zero-order valence-electron chi connectivity index (χ0n) is 19.4. The molecule has 10 heteroatoms. The number of nitrogens with one attached hydrogen (secondary N) is 1. The smallest absolute Gasteiger partial charge is 0.244 e. The summed E-state index contributed by atoms with van der Waals surface area (Å²) in [6, 6.07) is 12.8. The van der Waals surface area contributed by atoms with Crippen molar-refractivity contribution in [1.29, 1.82) is 0 Å². The molecule has 4 rings (SSSR count). The monoisotopic (exact) mass is 480 g/mol. The van der Waals surface area contributed by atoms with Gasteiger partial charge in [-0.15, -0.1) is 0 Å². The lowest BCUT2D eigenvalue weighted by molar-refractivity contribution is -0.135. The van der Waals surface area contributed by atoms with E-state index in [0.717, 1.165) is 11.1 Å². The van der Waals surface area contributed by atoms with Gasteiger partial charge in [-0.2, -0.15) is 0 Å². The molecule has 0 radical (unpaired) electrons. The molecule has 2 aromatic rings. The van der Waals surface area contributed by atoms with Gasteiger partial charge >= 0.3 is 0 Å². The molecular formula is C25H28N4O6. The lowest BCUT2D eigenvalue weighted by atomic mass is 9.95. The van der Waals surface area contributed by atoms with E-state index in [1.807, 2.05) is 30.3 Å². The predicted molar refractivity (Wildman–Crippen MR) is 130 cm³/mol. The van der Waals surface area contributed by atoms with Gasteiger partial charge in [0, 0.05) is 25.2 Å². The molecule has 10 nitrogen and oxygen atoms in total. The van der Waals surface area contributed by atoms with Gasteiger partial charge in [0.25, 0.3) is 0 Å². The first-order chi connectivity index (χ1) is 16.9. The van der Waals surface area contributed by atoms with Crippen molar-refractivity contribution in [3.8, 4) is 0 Å². The Morgan fingerprint density at radius 3 is 2.57 bits per heavy atom. The molecule has 0 saturated carbocycles. The molecule has 2 heterocycles. The summed E-state index contributed by atoms with van der Waals surface area (Å²) in [7, 11) is 1.52. The van der Waals surface area contributed by atoms with Crippen molar-refractivity contribution in [3.05, 3.63) is 53.6 Å². The van der Waals surface area contributed by atoms with E-state index in [9.17, 15) is 19.5 Å². The highest BCUT2D eigenvalue weighted by Gasteiger charge is 2.32. The molecular weight excluding hydrogens is 452 g/mol. The summed E-state index contributed by atoms with van der Waals surface area (Å²) in [6.45, 7) is -0.185. The van der Waals surface area contributed by atoms with Gasteiger partial charge in [0.1, 0.15) is 6.54 Å². The number of methoxy groups -OCH3 is 1. The van der Waals surface area contributed by atoms with Gasteiger partial charge in [-0.3, -0.25) is 14.4 Å². The summed E-state index contributed by atoms with van der Waals surface area (Å²) in [4.78, 5) is 45.4. The number of rotatable bonds is 5. The second kappa shape index (κ2) is 10.7. The average Bonchev–Trinajstić information content (AvgIpc) is 3.12. The normalized spacial score (nSPS) is 17.4. The number of ether oxygens (including phenoxy) is 1. The topological polar surface area (TPSA) is 132 Å². The summed E-state index contributed by atoms with van der Waals surface area (Å²) < 4.78 is 5.65. The van der Waals surface area contributed by atoms with Crippen LogP contribution in [-0.2, 0) is 25.7 Å². The number of para-hydroxylation sites is 2. The van der Waals surface area contributed by atoms with Crippen LogP contribution < -0.4 is 10.2 Å². The zero-order valence-corrected chi connectivity index (χ0v) is 19.4. The second-order valence-corrected chi connectivity index (χ2v) is 8.36. The Bertz CT molecular complexity index is 1160. The van der Waals surface area contributed by atoms with Gasteiger partial charge in [-0.25, -0.2) is 4.99 Å². The minimum absolute atomic E-state index is 0.0265. The number of aliphatic imine (C=N–C) groups is 1. The number of hydrogen-bond donors (Lipinski definition) is 3. The SMILES string of the molecule is COC1=Nc2ccccc2N(C(=O)CCO)CC1c1ccc2c(c1)NC(=O)CN(C(=O)CCO)C2.